The van der Waals surface area contributed by atoms with E-state index < -0.39 is 0 Å². The largest absolute Gasteiger partial charge is 0.493 e. The third-order valence-electron chi connectivity index (χ3n) is 3.85. The SMILES string of the molecule is COc1ccc(C=C2C(=O)N(c3ccc(Cl)cc3)N=C2C)cc1OC. The number of halogens is 1. The van der Waals surface area contributed by atoms with E-state index in [1.165, 1.54) is 5.01 Å². The molecule has 0 fully saturated rings. The smallest absolute Gasteiger partial charge is 0.280 e. The summed E-state index contributed by atoms with van der Waals surface area (Å²) in [6, 6.07) is 12.5. The molecular formula is C19H17ClN2O3. The molecule has 0 saturated carbocycles. The maximum Gasteiger partial charge on any atom is 0.280 e. The summed E-state index contributed by atoms with van der Waals surface area (Å²) in [7, 11) is 3.15. The van der Waals surface area contributed by atoms with Gasteiger partial charge in [0.25, 0.3) is 5.91 Å². The molecule has 0 unspecified atom stereocenters. The average molecular weight is 357 g/mol. The maximum absolute atomic E-state index is 12.7. The minimum atomic E-state index is -0.186. The molecule has 0 bridgehead atoms. The van der Waals surface area contributed by atoms with Crippen LogP contribution in [0.4, 0.5) is 5.69 Å². The van der Waals surface area contributed by atoms with Gasteiger partial charge in [-0.1, -0.05) is 17.7 Å². The first-order chi connectivity index (χ1) is 12.0. The Labute approximate surface area is 151 Å². The standard InChI is InChI=1S/C19H17ClN2O3/c1-12-16(10-13-4-9-17(24-2)18(11-13)25-3)19(23)22(21-12)15-7-5-14(20)6-8-15/h4-11H,1-3H3. The molecule has 1 aliphatic rings. The van der Waals surface area contributed by atoms with Crippen molar-refractivity contribution < 1.29 is 14.3 Å². The van der Waals surface area contributed by atoms with Crippen LogP contribution in [0.15, 0.2) is 53.1 Å². The fourth-order valence-electron chi connectivity index (χ4n) is 2.55. The van der Waals surface area contributed by atoms with E-state index in [-0.39, 0.29) is 5.91 Å². The van der Waals surface area contributed by atoms with Crippen LogP contribution in [0.25, 0.3) is 6.08 Å². The van der Waals surface area contributed by atoms with Crippen molar-refractivity contribution in [2.75, 3.05) is 19.2 Å². The molecule has 0 spiro atoms. The average Bonchev–Trinajstić information content (AvgIpc) is 2.90. The summed E-state index contributed by atoms with van der Waals surface area (Å²) in [6.07, 6.45) is 1.79. The van der Waals surface area contributed by atoms with Gasteiger partial charge in [-0.15, -0.1) is 0 Å². The number of hydrogen-bond donors (Lipinski definition) is 0. The van der Waals surface area contributed by atoms with Gasteiger partial charge in [0, 0.05) is 5.02 Å². The van der Waals surface area contributed by atoms with Gasteiger partial charge in [-0.25, -0.2) is 0 Å². The summed E-state index contributed by atoms with van der Waals surface area (Å²) in [5.74, 6) is 1.05. The van der Waals surface area contributed by atoms with Gasteiger partial charge in [-0.3, -0.25) is 4.79 Å². The highest BCUT2D eigenvalue weighted by molar-refractivity contribution is 6.32. The first-order valence-corrected chi connectivity index (χ1v) is 8.00. The van der Waals surface area contributed by atoms with Crippen molar-refractivity contribution in [3.05, 3.63) is 58.6 Å². The van der Waals surface area contributed by atoms with Gasteiger partial charge in [-0.2, -0.15) is 10.1 Å². The Hall–Kier alpha value is -2.79. The number of hydrazone groups is 1. The Morgan fingerprint density at radius 1 is 1.04 bits per heavy atom. The number of benzene rings is 2. The van der Waals surface area contributed by atoms with Crippen LogP contribution in [0.1, 0.15) is 12.5 Å². The molecule has 5 nitrogen and oxygen atoms in total. The lowest BCUT2D eigenvalue weighted by atomic mass is 10.1. The topological polar surface area (TPSA) is 51.1 Å². The van der Waals surface area contributed by atoms with Crippen LogP contribution in [-0.2, 0) is 4.79 Å². The molecule has 2 aromatic rings. The zero-order valence-corrected chi connectivity index (χ0v) is 14.9. The summed E-state index contributed by atoms with van der Waals surface area (Å²) in [4.78, 5) is 12.7. The fourth-order valence-corrected chi connectivity index (χ4v) is 2.68. The molecule has 0 radical (unpaired) electrons. The molecule has 0 saturated heterocycles. The Kier molecular flexibility index (Phi) is 4.76. The van der Waals surface area contributed by atoms with E-state index in [4.69, 9.17) is 21.1 Å². The number of hydrogen-bond acceptors (Lipinski definition) is 4. The molecule has 1 heterocycles. The number of rotatable bonds is 4. The van der Waals surface area contributed by atoms with E-state index in [2.05, 4.69) is 5.10 Å². The quantitative estimate of drug-likeness (QED) is 0.773. The fraction of sp³-hybridized carbons (Fsp3) is 0.158. The van der Waals surface area contributed by atoms with E-state index in [0.29, 0.717) is 33.5 Å². The molecule has 3 rings (SSSR count). The molecule has 0 atom stereocenters. The zero-order chi connectivity index (χ0) is 18.0. The van der Waals surface area contributed by atoms with Gasteiger partial charge in [0.05, 0.1) is 31.2 Å². The van der Waals surface area contributed by atoms with E-state index >= 15 is 0 Å². The molecule has 25 heavy (non-hydrogen) atoms. The van der Waals surface area contributed by atoms with Crippen molar-refractivity contribution in [2.24, 2.45) is 5.10 Å². The van der Waals surface area contributed by atoms with Crippen molar-refractivity contribution in [1.82, 2.24) is 0 Å². The second-order valence-electron chi connectivity index (χ2n) is 5.45. The highest BCUT2D eigenvalue weighted by Gasteiger charge is 2.28. The zero-order valence-electron chi connectivity index (χ0n) is 14.1. The lowest BCUT2D eigenvalue weighted by molar-refractivity contribution is -0.114. The lowest BCUT2D eigenvalue weighted by Gasteiger charge is -2.11. The third-order valence-corrected chi connectivity index (χ3v) is 4.10. The molecule has 128 valence electrons. The minimum absolute atomic E-state index is 0.186. The van der Waals surface area contributed by atoms with Gasteiger partial charge < -0.3 is 9.47 Å². The van der Waals surface area contributed by atoms with Gasteiger partial charge in [0.15, 0.2) is 11.5 Å². The number of carbonyl (C=O) groups is 1. The molecule has 6 heteroatoms. The number of ether oxygens (including phenoxy) is 2. The predicted octanol–water partition coefficient (Wildman–Crippen LogP) is 4.16. The predicted molar refractivity (Wildman–Crippen MR) is 99.6 cm³/mol. The summed E-state index contributed by atoms with van der Waals surface area (Å²) in [5, 5.41) is 6.34. The second-order valence-corrected chi connectivity index (χ2v) is 5.89. The van der Waals surface area contributed by atoms with E-state index in [9.17, 15) is 4.79 Å². The summed E-state index contributed by atoms with van der Waals surface area (Å²) >= 11 is 5.90. The number of nitrogens with zero attached hydrogens (tertiary/aromatic N) is 2. The van der Waals surface area contributed by atoms with Crippen molar-refractivity contribution in [3.8, 4) is 11.5 Å². The van der Waals surface area contributed by atoms with Crippen LogP contribution in [0.2, 0.25) is 5.02 Å². The normalized spacial score (nSPS) is 15.5. The number of methoxy groups -OCH3 is 2. The lowest BCUT2D eigenvalue weighted by Crippen LogP contribution is -2.21. The van der Waals surface area contributed by atoms with Crippen LogP contribution in [0.5, 0.6) is 11.5 Å². The molecule has 2 aromatic carbocycles. The van der Waals surface area contributed by atoms with Gasteiger partial charge in [0.2, 0.25) is 0 Å². The molecule has 1 aliphatic heterocycles. The van der Waals surface area contributed by atoms with Gasteiger partial charge in [-0.05, 0) is 55.0 Å². The van der Waals surface area contributed by atoms with Crippen LogP contribution in [0, 0.1) is 0 Å². The number of amides is 1. The molecular weight excluding hydrogens is 340 g/mol. The monoisotopic (exact) mass is 356 g/mol. The van der Waals surface area contributed by atoms with Crippen molar-refractivity contribution >= 4 is 35.0 Å². The molecule has 0 aromatic heterocycles. The Balaban J connectivity index is 1.93. The molecule has 0 N–H and O–H groups in total. The Morgan fingerprint density at radius 3 is 2.36 bits per heavy atom. The van der Waals surface area contributed by atoms with Crippen molar-refractivity contribution in [2.45, 2.75) is 6.92 Å². The minimum Gasteiger partial charge on any atom is -0.493 e. The first-order valence-electron chi connectivity index (χ1n) is 7.63. The Morgan fingerprint density at radius 2 is 1.72 bits per heavy atom. The highest BCUT2D eigenvalue weighted by Crippen LogP contribution is 2.30. The number of carbonyl (C=O) groups excluding carboxylic acids is 1. The molecule has 1 amide bonds. The first kappa shape index (κ1) is 17.0. The molecule has 0 aliphatic carbocycles. The van der Waals surface area contributed by atoms with E-state index in [1.54, 1.807) is 57.6 Å². The van der Waals surface area contributed by atoms with E-state index in [1.807, 2.05) is 12.1 Å². The summed E-state index contributed by atoms with van der Waals surface area (Å²) in [6.45, 7) is 1.81. The van der Waals surface area contributed by atoms with Crippen LogP contribution in [0.3, 0.4) is 0 Å². The summed E-state index contributed by atoms with van der Waals surface area (Å²) < 4.78 is 10.5. The maximum atomic E-state index is 12.7. The summed E-state index contributed by atoms with van der Waals surface area (Å²) in [5.41, 5.74) is 2.68. The van der Waals surface area contributed by atoms with Crippen molar-refractivity contribution in [1.29, 1.82) is 0 Å². The highest BCUT2D eigenvalue weighted by atomic mass is 35.5. The van der Waals surface area contributed by atoms with Gasteiger partial charge in [0.1, 0.15) is 0 Å². The second kappa shape index (κ2) is 6.99. The van der Waals surface area contributed by atoms with Gasteiger partial charge >= 0.3 is 0 Å². The van der Waals surface area contributed by atoms with Crippen LogP contribution < -0.4 is 14.5 Å². The third kappa shape index (κ3) is 3.37. The van der Waals surface area contributed by atoms with Crippen molar-refractivity contribution in [3.63, 3.8) is 0 Å². The van der Waals surface area contributed by atoms with Crippen LogP contribution >= 0.6 is 11.6 Å². The van der Waals surface area contributed by atoms with Crippen LogP contribution in [-0.4, -0.2) is 25.8 Å². The number of anilines is 1. The van der Waals surface area contributed by atoms with E-state index in [0.717, 1.165) is 5.56 Å². The Bertz CT molecular complexity index is 873.